The molecule has 13 heavy (non-hydrogen) atoms. The summed E-state index contributed by atoms with van der Waals surface area (Å²) in [7, 11) is 0. The number of hydrogen-bond acceptors (Lipinski definition) is 4. The SMILES string of the molecule is Nc1sncc1CNC1CCCC1. The van der Waals surface area contributed by atoms with Gasteiger partial charge < -0.3 is 11.1 Å². The van der Waals surface area contributed by atoms with Gasteiger partial charge in [0.15, 0.2) is 0 Å². The molecular formula is C9H15N3S. The van der Waals surface area contributed by atoms with Crippen LogP contribution in [0.1, 0.15) is 31.2 Å². The number of hydrogen-bond donors (Lipinski definition) is 2. The van der Waals surface area contributed by atoms with Crippen LogP contribution in [0.25, 0.3) is 0 Å². The monoisotopic (exact) mass is 197 g/mol. The summed E-state index contributed by atoms with van der Waals surface area (Å²) in [5.74, 6) is 0. The first-order chi connectivity index (χ1) is 6.36. The summed E-state index contributed by atoms with van der Waals surface area (Å²) in [6.45, 7) is 0.882. The lowest BCUT2D eigenvalue weighted by molar-refractivity contribution is 0.525. The predicted octanol–water partition coefficient (Wildman–Crippen LogP) is 1.76. The van der Waals surface area contributed by atoms with Crippen LogP contribution in [0.2, 0.25) is 0 Å². The number of nitrogens with zero attached hydrogens (tertiary/aromatic N) is 1. The van der Waals surface area contributed by atoms with Crippen LogP contribution >= 0.6 is 11.5 Å². The van der Waals surface area contributed by atoms with Gasteiger partial charge in [0.1, 0.15) is 5.00 Å². The van der Waals surface area contributed by atoms with E-state index in [-0.39, 0.29) is 0 Å². The van der Waals surface area contributed by atoms with Crippen LogP contribution < -0.4 is 11.1 Å². The molecular weight excluding hydrogens is 182 g/mol. The zero-order valence-electron chi connectivity index (χ0n) is 7.62. The zero-order valence-corrected chi connectivity index (χ0v) is 8.44. The van der Waals surface area contributed by atoms with Gasteiger partial charge in [0, 0.05) is 24.3 Å². The van der Waals surface area contributed by atoms with Crippen molar-refractivity contribution in [1.82, 2.24) is 9.69 Å². The Balaban J connectivity index is 1.82. The Kier molecular flexibility index (Phi) is 2.80. The second-order valence-corrected chi connectivity index (χ2v) is 4.41. The number of nitrogens with two attached hydrogens (primary N) is 1. The average molecular weight is 197 g/mol. The molecule has 0 aromatic carbocycles. The first kappa shape index (κ1) is 8.97. The maximum atomic E-state index is 5.74. The van der Waals surface area contributed by atoms with Crippen molar-refractivity contribution in [2.24, 2.45) is 0 Å². The van der Waals surface area contributed by atoms with E-state index in [1.165, 1.54) is 37.2 Å². The lowest BCUT2D eigenvalue weighted by Gasteiger charge is -2.10. The predicted molar refractivity (Wildman–Crippen MR) is 55.6 cm³/mol. The second-order valence-electron chi connectivity index (χ2n) is 3.58. The Hall–Kier alpha value is -0.610. The molecule has 1 fully saturated rings. The third-order valence-electron chi connectivity index (χ3n) is 2.61. The van der Waals surface area contributed by atoms with Crippen molar-refractivity contribution in [1.29, 1.82) is 0 Å². The van der Waals surface area contributed by atoms with Gasteiger partial charge in [-0.1, -0.05) is 12.8 Å². The Morgan fingerprint density at radius 1 is 1.54 bits per heavy atom. The lowest BCUT2D eigenvalue weighted by atomic mass is 10.2. The number of rotatable bonds is 3. The second kappa shape index (κ2) is 4.07. The van der Waals surface area contributed by atoms with Crippen molar-refractivity contribution >= 4 is 16.5 Å². The quantitative estimate of drug-likeness (QED) is 0.776. The number of aromatic nitrogens is 1. The summed E-state index contributed by atoms with van der Waals surface area (Å²) in [5, 5.41) is 4.36. The fourth-order valence-corrected chi connectivity index (χ4v) is 2.32. The van der Waals surface area contributed by atoms with Crippen LogP contribution in [0, 0.1) is 0 Å². The molecule has 0 unspecified atom stereocenters. The van der Waals surface area contributed by atoms with Gasteiger partial charge in [0.05, 0.1) is 0 Å². The van der Waals surface area contributed by atoms with Crippen molar-refractivity contribution in [2.75, 3.05) is 5.73 Å². The van der Waals surface area contributed by atoms with E-state index in [1.54, 1.807) is 0 Å². The topological polar surface area (TPSA) is 50.9 Å². The van der Waals surface area contributed by atoms with Crippen molar-refractivity contribution in [3.63, 3.8) is 0 Å². The minimum absolute atomic E-state index is 0.708. The molecule has 4 heteroatoms. The van der Waals surface area contributed by atoms with Gasteiger partial charge in [0.2, 0.25) is 0 Å². The van der Waals surface area contributed by atoms with Gasteiger partial charge in [-0.25, -0.2) is 0 Å². The normalized spacial score (nSPS) is 18.2. The fraction of sp³-hybridized carbons (Fsp3) is 0.667. The molecule has 0 aliphatic heterocycles. The smallest absolute Gasteiger partial charge is 0.111 e. The van der Waals surface area contributed by atoms with Crippen LogP contribution in [-0.4, -0.2) is 10.4 Å². The molecule has 0 atom stereocenters. The Morgan fingerprint density at radius 2 is 2.31 bits per heavy atom. The lowest BCUT2D eigenvalue weighted by Crippen LogP contribution is -2.25. The van der Waals surface area contributed by atoms with Gasteiger partial charge in [-0.3, -0.25) is 0 Å². The summed E-state index contributed by atoms with van der Waals surface area (Å²) < 4.78 is 4.04. The van der Waals surface area contributed by atoms with Crippen LogP contribution in [0.4, 0.5) is 5.00 Å². The molecule has 0 saturated heterocycles. The van der Waals surface area contributed by atoms with Crippen LogP contribution in [0.15, 0.2) is 6.20 Å². The first-order valence-electron chi connectivity index (χ1n) is 4.78. The molecule has 1 heterocycles. The van der Waals surface area contributed by atoms with Crippen LogP contribution in [-0.2, 0) is 6.54 Å². The Labute approximate surface area is 82.5 Å². The molecule has 1 aromatic heterocycles. The summed E-state index contributed by atoms with van der Waals surface area (Å²) in [6.07, 6.45) is 7.24. The molecule has 0 radical (unpaired) electrons. The highest BCUT2D eigenvalue weighted by atomic mass is 32.1. The van der Waals surface area contributed by atoms with Crippen molar-refractivity contribution in [3.05, 3.63) is 11.8 Å². The summed E-state index contributed by atoms with van der Waals surface area (Å²) >= 11 is 1.37. The number of nitrogen functional groups attached to an aromatic ring is 1. The first-order valence-corrected chi connectivity index (χ1v) is 5.56. The molecule has 72 valence electrons. The van der Waals surface area contributed by atoms with Gasteiger partial charge in [-0.2, -0.15) is 4.37 Å². The van der Waals surface area contributed by atoms with Crippen molar-refractivity contribution < 1.29 is 0 Å². The molecule has 1 aliphatic carbocycles. The fourth-order valence-electron chi connectivity index (χ4n) is 1.79. The van der Waals surface area contributed by atoms with Gasteiger partial charge in [-0.05, 0) is 24.4 Å². The molecule has 0 spiro atoms. The zero-order chi connectivity index (χ0) is 9.10. The highest BCUT2D eigenvalue weighted by molar-refractivity contribution is 7.10. The van der Waals surface area contributed by atoms with Gasteiger partial charge in [-0.15, -0.1) is 0 Å². The molecule has 3 N–H and O–H groups in total. The molecule has 1 aliphatic rings. The summed E-state index contributed by atoms with van der Waals surface area (Å²) in [6, 6.07) is 0.708. The number of nitrogens with one attached hydrogen (secondary N) is 1. The molecule has 3 nitrogen and oxygen atoms in total. The summed E-state index contributed by atoms with van der Waals surface area (Å²) in [5.41, 5.74) is 6.89. The average Bonchev–Trinajstić information content (AvgIpc) is 2.72. The number of anilines is 1. The van der Waals surface area contributed by atoms with E-state index in [9.17, 15) is 0 Å². The standard InChI is InChI=1S/C9H15N3S/c10-9-7(6-12-13-9)5-11-8-3-1-2-4-8/h6,8,11H,1-5,10H2. The molecule has 1 saturated carbocycles. The third-order valence-corrected chi connectivity index (χ3v) is 3.28. The van der Waals surface area contributed by atoms with E-state index in [0.717, 1.165) is 17.1 Å². The third kappa shape index (κ3) is 2.19. The largest absolute Gasteiger partial charge is 0.389 e. The van der Waals surface area contributed by atoms with Gasteiger partial charge >= 0.3 is 0 Å². The molecule has 1 aromatic rings. The summed E-state index contributed by atoms with van der Waals surface area (Å²) in [4.78, 5) is 0. The Bertz CT molecular complexity index is 266. The minimum atomic E-state index is 0.708. The maximum absolute atomic E-state index is 5.74. The molecule has 2 rings (SSSR count). The van der Waals surface area contributed by atoms with Crippen molar-refractivity contribution in [3.8, 4) is 0 Å². The van der Waals surface area contributed by atoms with Crippen molar-refractivity contribution in [2.45, 2.75) is 38.3 Å². The van der Waals surface area contributed by atoms with Crippen LogP contribution in [0.5, 0.6) is 0 Å². The van der Waals surface area contributed by atoms with E-state index in [4.69, 9.17) is 5.73 Å². The van der Waals surface area contributed by atoms with E-state index in [1.807, 2.05) is 6.20 Å². The Morgan fingerprint density at radius 3 is 2.92 bits per heavy atom. The van der Waals surface area contributed by atoms with E-state index >= 15 is 0 Å². The van der Waals surface area contributed by atoms with E-state index < -0.39 is 0 Å². The molecule has 0 bridgehead atoms. The highest BCUT2D eigenvalue weighted by Gasteiger charge is 2.14. The maximum Gasteiger partial charge on any atom is 0.111 e. The minimum Gasteiger partial charge on any atom is -0.389 e. The van der Waals surface area contributed by atoms with Crippen LogP contribution in [0.3, 0.4) is 0 Å². The van der Waals surface area contributed by atoms with E-state index in [2.05, 4.69) is 9.69 Å². The highest BCUT2D eigenvalue weighted by Crippen LogP contribution is 2.20. The van der Waals surface area contributed by atoms with Gasteiger partial charge in [0.25, 0.3) is 0 Å². The van der Waals surface area contributed by atoms with E-state index in [0.29, 0.717) is 6.04 Å². The molecule has 0 amide bonds.